The van der Waals surface area contributed by atoms with E-state index in [1.54, 1.807) is 24.4 Å². The Bertz CT molecular complexity index is 1110. The van der Waals surface area contributed by atoms with Gasteiger partial charge in [0.2, 0.25) is 0 Å². The van der Waals surface area contributed by atoms with Crippen LogP contribution in [0.3, 0.4) is 0 Å². The molecule has 0 fully saturated rings. The molecule has 0 saturated carbocycles. The molecule has 0 amide bonds. The summed E-state index contributed by atoms with van der Waals surface area (Å²) in [6.45, 7) is 2.32. The number of fused-ring (bicyclic) bond motifs is 3. The van der Waals surface area contributed by atoms with Crippen molar-refractivity contribution in [3.05, 3.63) is 48.0 Å². The molecule has 26 heavy (non-hydrogen) atoms. The second-order valence-electron chi connectivity index (χ2n) is 5.53. The number of aromatic nitrogens is 4. The van der Waals surface area contributed by atoms with Gasteiger partial charge in [-0.15, -0.1) is 10.2 Å². The first-order valence-electron chi connectivity index (χ1n) is 8.10. The van der Waals surface area contributed by atoms with Crippen LogP contribution in [0.2, 0.25) is 0 Å². The molecule has 2 heterocycles. The summed E-state index contributed by atoms with van der Waals surface area (Å²) in [5.41, 5.74) is 5.83. The van der Waals surface area contributed by atoms with Crippen LogP contribution in [-0.4, -0.2) is 38.1 Å². The van der Waals surface area contributed by atoms with Gasteiger partial charge in [0.25, 0.3) is 5.95 Å². The Hall–Kier alpha value is -3.68. The molecule has 0 atom stereocenters. The van der Waals surface area contributed by atoms with E-state index in [4.69, 9.17) is 4.74 Å². The lowest BCUT2D eigenvalue weighted by molar-refractivity contribution is 0.318. The number of aromatic hydroxyl groups is 1. The van der Waals surface area contributed by atoms with Gasteiger partial charge in [0.05, 0.1) is 12.8 Å². The number of rotatable bonds is 5. The van der Waals surface area contributed by atoms with Crippen LogP contribution in [0.5, 0.6) is 11.5 Å². The molecule has 0 unspecified atom stereocenters. The van der Waals surface area contributed by atoms with Crippen LogP contribution >= 0.6 is 0 Å². The third-order valence-electron chi connectivity index (χ3n) is 3.78. The lowest BCUT2D eigenvalue weighted by Gasteiger charge is -2.05. The fraction of sp³-hybridized carbons (Fsp3) is 0.111. The van der Waals surface area contributed by atoms with E-state index in [0.29, 0.717) is 18.0 Å². The van der Waals surface area contributed by atoms with E-state index in [1.165, 1.54) is 0 Å². The number of hydrogen-bond acceptors (Lipinski definition) is 7. The van der Waals surface area contributed by atoms with Crippen molar-refractivity contribution >= 4 is 34.2 Å². The lowest BCUT2D eigenvalue weighted by Crippen LogP contribution is -1.99. The second kappa shape index (κ2) is 6.67. The minimum absolute atomic E-state index is 0.0914. The maximum atomic E-state index is 9.71. The zero-order valence-electron chi connectivity index (χ0n) is 14.0. The van der Waals surface area contributed by atoms with Crippen molar-refractivity contribution in [2.24, 2.45) is 5.10 Å². The third kappa shape index (κ3) is 3.00. The zero-order valence-corrected chi connectivity index (χ0v) is 14.0. The van der Waals surface area contributed by atoms with Crippen LogP contribution in [0.15, 0.2) is 47.6 Å². The van der Waals surface area contributed by atoms with Crippen molar-refractivity contribution in [1.29, 1.82) is 0 Å². The number of anilines is 1. The summed E-state index contributed by atoms with van der Waals surface area (Å²) >= 11 is 0. The molecular weight excluding hydrogens is 332 g/mol. The van der Waals surface area contributed by atoms with Gasteiger partial charge in [-0.1, -0.05) is 18.2 Å². The summed E-state index contributed by atoms with van der Waals surface area (Å²) in [4.78, 5) is 7.59. The highest BCUT2D eigenvalue weighted by atomic mass is 16.5. The highest BCUT2D eigenvalue weighted by molar-refractivity contribution is 6.03. The average Bonchev–Trinajstić information content (AvgIpc) is 3.02. The molecule has 0 aliphatic heterocycles. The van der Waals surface area contributed by atoms with Crippen LogP contribution < -0.4 is 10.2 Å². The summed E-state index contributed by atoms with van der Waals surface area (Å²) in [5.74, 6) is 0.784. The number of para-hydroxylation sites is 1. The summed E-state index contributed by atoms with van der Waals surface area (Å²) in [6.07, 6.45) is 1.58. The van der Waals surface area contributed by atoms with Crippen LogP contribution in [0.4, 0.5) is 5.95 Å². The van der Waals surface area contributed by atoms with E-state index in [9.17, 15) is 5.11 Å². The molecule has 2 aromatic carbocycles. The number of H-pyrrole nitrogens is 1. The first kappa shape index (κ1) is 15.8. The van der Waals surface area contributed by atoms with Crippen LogP contribution in [0.25, 0.3) is 22.1 Å². The second-order valence-corrected chi connectivity index (χ2v) is 5.53. The maximum absolute atomic E-state index is 9.71. The summed E-state index contributed by atoms with van der Waals surface area (Å²) < 4.78 is 5.35. The SMILES string of the molecule is CCOc1cc(C=NNc2nnc3c(n2)[nH]c2ccccc23)ccc1O. The Morgan fingerprint density at radius 2 is 2.12 bits per heavy atom. The number of nitrogens with zero attached hydrogens (tertiary/aromatic N) is 4. The van der Waals surface area contributed by atoms with Gasteiger partial charge in [-0.3, -0.25) is 0 Å². The third-order valence-corrected chi connectivity index (χ3v) is 3.78. The molecule has 3 N–H and O–H groups in total. The largest absolute Gasteiger partial charge is 0.504 e. The topological polar surface area (TPSA) is 108 Å². The number of hydrazone groups is 1. The fourth-order valence-electron chi connectivity index (χ4n) is 2.61. The highest BCUT2D eigenvalue weighted by Gasteiger charge is 2.08. The van der Waals surface area contributed by atoms with Crippen LogP contribution in [0.1, 0.15) is 12.5 Å². The van der Waals surface area contributed by atoms with Gasteiger partial charge in [0.1, 0.15) is 5.52 Å². The van der Waals surface area contributed by atoms with E-state index >= 15 is 0 Å². The van der Waals surface area contributed by atoms with Gasteiger partial charge in [-0.2, -0.15) is 10.1 Å². The van der Waals surface area contributed by atoms with Crippen molar-refractivity contribution < 1.29 is 9.84 Å². The maximum Gasteiger partial charge on any atom is 0.265 e. The average molecular weight is 348 g/mol. The van der Waals surface area contributed by atoms with E-state index < -0.39 is 0 Å². The summed E-state index contributed by atoms with van der Waals surface area (Å²) in [6, 6.07) is 12.8. The van der Waals surface area contributed by atoms with Gasteiger partial charge in [-0.25, -0.2) is 5.43 Å². The fourth-order valence-corrected chi connectivity index (χ4v) is 2.61. The number of phenols is 1. The standard InChI is InChI=1S/C18H16N6O2/c1-2-26-15-9-11(7-8-14(15)25)10-19-23-18-21-17-16(22-24-18)12-5-3-4-6-13(12)20-17/h3-10,25H,2H2,1H3,(H2,20,21,23,24). The smallest absolute Gasteiger partial charge is 0.265 e. The van der Waals surface area contributed by atoms with E-state index in [1.807, 2.05) is 31.2 Å². The molecule has 0 saturated heterocycles. The van der Waals surface area contributed by atoms with Crippen LogP contribution in [-0.2, 0) is 0 Å². The highest BCUT2D eigenvalue weighted by Crippen LogP contribution is 2.26. The van der Waals surface area contributed by atoms with Crippen molar-refractivity contribution in [2.45, 2.75) is 6.92 Å². The monoisotopic (exact) mass is 348 g/mol. The van der Waals surface area contributed by atoms with E-state index in [2.05, 4.69) is 30.7 Å². The molecule has 0 spiro atoms. The molecule has 8 heteroatoms. The molecule has 4 aromatic rings. The van der Waals surface area contributed by atoms with Crippen molar-refractivity contribution in [1.82, 2.24) is 20.2 Å². The van der Waals surface area contributed by atoms with Gasteiger partial charge in [0.15, 0.2) is 17.1 Å². The normalized spacial score (nSPS) is 11.4. The molecule has 0 radical (unpaired) electrons. The van der Waals surface area contributed by atoms with E-state index in [0.717, 1.165) is 22.0 Å². The molecular formula is C18H16N6O2. The number of ether oxygens (including phenoxy) is 1. The van der Waals surface area contributed by atoms with Gasteiger partial charge in [-0.05, 0) is 36.8 Å². The predicted molar refractivity (Wildman–Crippen MR) is 99.7 cm³/mol. The predicted octanol–water partition coefficient (Wildman–Crippen LogP) is 3.06. The quantitative estimate of drug-likeness (QED) is 0.378. The first-order chi connectivity index (χ1) is 12.7. The number of hydrogen-bond donors (Lipinski definition) is 3. The Kier molecular flexibility index (Phi) is 4.06. The van der Waals surface area contributed by atoms with Crippen molar-refractivity contribution in [2.75, 3.05) is 12.0 Å². The Morgan fingerprint density at radius 1 is 1.23 bits per heavy atom. The minimum atomic E-state index is 0.0914. The summed E-state index contributed by atoms with van der Waals surface area (Å²) in [5, 5.41) is 23.1. The van der Waals surface area contributed by atoms with Gasteiger partial charge in [0, 0.05) is 10.9 Å². The number of benzene rings is 2. The van der Waals surface area contributed by atoms with Gasteiger partial charge < -0.3 is 14.8 Å². The summed E-state index contributed by atoms with van der Waals surface area (Å²) in [7, 11) is 0. The molecule has 0 aliphatic rings. The van der Waals surface area contributed by atoms with E-state index in [-0.39, 0.29) is 11.7 Å². The molecule has 8 nitrogen and oxygen atoms in total. The lowest BCUT2D eigenvalue weighted by atomic mass is 10.2. The molecule has 130 valence electrons. The van der Waals surface area contributed by atoms with Crippen molar-refractivity contribution in [3.8, 4) is 11.5 Å². The van der Waals surface area contributed by atoms with Crippen molar-refractivity contribution in [3.63, 3.8) is 0 Å². The molecule has 0 aliphatic carbocycles. The van der Waals surface area contributed by atoms with Crippen LogP contribution in [0, 0.1) is 0 Å². The Labute approximate surface area is 148 Å². The molecule has 0 bridgehead atoms. The first-order valence-corrected chi connectivity index (χ1v) is 8.10. The molecule has 4 rings (SSSR count). The number of aromatic amines is 1. The Balaban J connectivity index is 1.55. The molecule has 2 aromatic heterocycles. The minimum Gasteiger partial charge on any atom is -0.504 e. The number of nitrogens with one attached hydrogen (secondary N) is 2. The Morgan fingerprint density at radius 3 is 3.00 bits per heavy atom. The zero-order chi connectivity index (χ0) is 17.9. The number of phenolic OH excluding ortho intramolecular Hbond substituents is 1. The van der Waals surface area contributed by atoms with Gasteiger partial charge >= 0.3 is 0 Å².